The van der Waals surface area contributed by atoms with Gasteiger partial charge in [0, 0.05) is 12.4 Å². The third-order valence-corrected chi connectivity index (χ3v) is 3.81. The summed E-state index contributed by atoms with van der Waals surface area (Å²) in [6.07, 6.45) is -1.24. The lowest BCUT2D eigenvalue weighted by Gasteiger charge is -2.14. The Morgan fingerprint density at radius 3 is 2.50 bits per heavy atom. The normalized spacial score (nSPS) is 12.0. The van der Waals surface area contributed by atoms with Crippen molar-refractivity contribution in [1.82, 2.24) is 9.78 Å². The number of guanidine groups is 1. The van der Waals surface area contributed by atoms with Gasteiger partial charge in [-0.2, -0.15) is 5.10 Å². The van der Waals surface area contributed by atoms with Crippen LogP contribution in [0.15, 0.2) is 72.0 Å². The molecule has 0 aliphatic heterocycles. The zero-order valence-electron chi connectivity index (χ0n) is 14.7. The zero-order chi connectivity index (χ0) is 20.0. The van der Waals surface area contributed by atoms with E-state index in [4.69, 9.17) is 5.73 Å². The van der Waals surface area contributed by atoms with Crippen molar-refractivity contribution in [1.29, 1.82) is 0 Å². The van der Waals surface area contributed by atoms with Crippen LogP contribution in [0.2, 0.25) is 0 Å². The molecule has 0 aliphatic carbocycles. The van der Waals surface area contributed by atoms with Crippen LogP contribution in [0, 0.1) is 0 Å². The minimum Gasteiger partial charge on any atom is -0.404 e. The van der Waals surface area contributed by atoms with Crippen molar-refractivity contribution in [2.75, 3.05) is 5.32 Å². The Balaban J connectivity index is 1.71. The molecule has 1 aromatic heterocycles. The number of alkyl halides is 3. The van der Waals surface area contributed by atoms with Crippen LogP contribution in [0.25, 0.3) is 0 Å². The summed E-state index contributed by atoms with van der Waals surface area (Å²) in [4.78, 5) is 4.23. The summed E-state index contributed by atoms with van der Waals surface area (Å²) < 4.78 is 43.3. The van der Waals surface area contributed by atoms with Crippen molar-refractivity contribution < 1.29 is 17.9 Å². The molecule has 3 rings (SSSR count). The molecule has 0 amide bonds. The standard InChI is InChI=1S/C19H18F3N5O/c20-19(21,22)28-17-9-4-3-8-16(17)26-18(23)24-12-14-6-1-2-7-15(14)13-27-11-5-10-25-27/h1-11H,12-13H2,(H3,23,24,26). The molecule has 0 unspecified atom stereocenters. The molecule has 0 fully saturated rings. The van der Waals surface area contributed by atoms with Crippen molar-refractivity contribution in [2.24, 2.45) is 10.7 Å². The van der Waals surface area contributed by atoms with Crippen LogP contribution in [0.4, 0.5) is 18.9 Å². The molecule has 0 spiro atoms. The fourth-order valence-corrected chi connectivity index (χ4v) is 2.57. The number of para-hydroxylation sites is 2. The summed E-state index contributed by atoms with van der Waals surface area (Å²) in [6.45, 7) is 0.840. The van der Waals surface area contributed by atoms with E-state index < -0.39 is 6.36 Å². The number of rotatable bonds is 6. The number of anilines is 1. The highest BCUT2D eigenvalue weighted by molar-refractivity contribution is 5.93. The number of hydrogen-bond donors (Lipinski definition) is 2. The topological polar surface area (TPSA) is 77.5 Å². The molecule has 146 valence electrons. The molecule has 0 saturated carbocycles. The first-order valence-corrected chi connectivity index (χ1v) is 8.36. The highest BCUT2D eigenvalue weighted by atomic mass is 19.4. The number of nitrogens with zero attached hydrogens (tertiary/aromatic N) is 3. The van der Waals surface area contributed by atoms with E-state index in [-0.39, 0.29) is 23.9 Å². The van der Waals surface area contributed by atoms with Gasteiger partial charge < -0.3 is 15.8 Å². The average Bonchev–Trinajstić information content (AvgIpc) is 3.14. The number of ether oxygens (including phenoxy) is 1. The molecule has 0 saturated heterocycles. The minimum atomic E-state index is -4.80. The highest BCUT2D eigenvalue weighted by Crippen LogP contribution is 2.29. The van der Waals surface area contributed by atoms with E-state index in [1.807, 2.05) is 36.5 Å². The Labute approximate surface area is 159 Å². The molecular weight excluding hydrogens is 371 g/mol. The largest absolute Gasteiger partial charge is 0.573 e. The number of aliphatic imine (C=N–C) groups is 1. The second-order valence-corrected chi connectivity index (χ2v) is 5.84. The maximum atomic E-state index is 12.5. The fourth-order valence-electron chi connectivity index (χ4n) is 2.57. The Bertz CT molecular complexity index is 939. The van der Waals surface area contributed by atoms with Gasteiger partial charge in [-0.1, -0.05) is 36.4 Å². The molecular formula is C19H18F3N5O. The van der Waals surface area contributed by atoms with Crippen LogP contribution < -0.4 is 15.8 Å². The molecule has 0 bridgehead atoms. The molecule has 1 heterocycles. The number of aromatic nitrogens is 2. The number of nitrogens with one attached hydrogen (secondary N) is 1. The summed E-state index contributed by atoms with van der Waals surface area (Å²) in [7, 11) is 0. The Hall–Kier alpha value is -3.49. The van der Waals surface area contributed by atoms with Crippen molar-refractivity contribution in [3.63, 3.8) is 0 Å². The molecule has 2 aromatic carbocycles. The van der Waals surface area contributed by atoms with Gasteiger partial charge in [0.15, 0.2) is 11.7 Å². The van der Waals surface area contributed by atoms with Gasteiger partial charge in [-0.25, -0.2) is 4.99 Å². The van der Waals surface area contributed by atoms with Crippen molar-refractivity contribution in [2.45, 2.75) is 19.5 Å². The predicted molar refractivity (Wildman–Crippen MR) is 99.8 cm³/mol. The molecule has 28 heavy (non-hydrogen) atoms. The first kappa shape index (κ1) is 19.3. The van der Waals surface area contributed by atoms with Crippen molar-refractivity contribution >= 4 is 11.6 Å². The average molecular weight is 389 g/mol. The first-order chi connectivity index (χ1) is 13.4. The molecule has 0 atom stereocenters. The smallest absolute Gasteiger partial charge is 0.404 e. The molecule has 0 aliphatic rings. The van der Waals surface area contributed by atoms with Gasteiger partial charge in [0.05, 0.1) is 18.8 Å². The first-order valence-electron chi connectivity index (χ1n) is 8.36. The van der Waals surface area contributed by atoms with E-state index >= 15 is 0 Å². The van der Waals surface area contributed by atoms with Crippen LogP contribution in [0.1, 0.15) is 11.1 Å². The third-order valence-electron chi connectivity index (χ3n) is 3.81. The Kier molecular flexibility index (Phi) is 5.83. The molecule has 9 heteroatoms. The van der Waals surface area contributed by atoms with E-state index in [1.165, 1.54) is 18.2 Å². The maximum absolute atomic E-state index is 12.5. The van der Waals surface area contributed by atoms with Crippen molar-refractivity contribution in [3.8, 4) is 5.75 Å². The van der Waals surface area contributed by atoms with E-state index in [0.717, 1.165) is 11.1 Å². The second kappa shape index (κ2) is 8.47. The van der Waals surface area contributed by atoms with Gasteiger partial charge in [-0.3, -0.25) is 4.68 Å². The number of hydrogen-bond acceptors (Lipinski definition) is 3. The Morgan fingerprint density at radius 1 is 1.07 bits per heavy atom. The summed E-state index contributed by atoms with van der Waals surface area (Å²) in [5.74, 6) is -0.403. The number of halogens is 3. The fraction of sp³-hybridized carbons (Fsp3) is 0.158. The van der Waals surface area contributed by atoms with Crippen LogP contribution in [-0.4, -0.2) is 22.1 Å². The lowest BCUT2D eigenvalue weighted by molar-refractivity contribution is -0.274. The summed E-state index contributed by atoms with van der Waals surface area (Å²) in [5.41, 5.74) is 7.88. The van der Waals surface area contributed by atoms with Crippen LogP contribution in [-0.2, 0) is 13.1 Å². The van der Waals surface area contributed by atoms with Crippen LogP contribution in [0.5, 0.6) is 5.75 Å². The third kappa shape index (κ3) is 5.50. The van der Waals surface area contributed by atoms with Crippen molar-refractivity contribution in [3.05, 3.63) is 78.1 Å². The van der Waals surface area contributed by atoms with Gasteiger partial charge in [0.25, 0.3) is 0 Å². The maximum Gasteiger partial charge on any atom is 0.573 e. The highest BCUT2D eigenvalue weighted by Gasteiger charge is 2.32. The second-order valence-electron chi connectivity index (χ2n) is 5.84. The zero-order valence-corrected chi connectivity index (χ0v) is 14.7. The summed E-state index contributed by atoms with van der Waals surface area (Å²) in [6, 6.07) is 15.1. The predicted octanol–water partition coefficient (Wildman–Crippen LogP) is 3.76. The van der Waals surface area contributed by atoms with Crippen LogP contribution >= 0.6 is 0 Å². The number of nitrogens with two attached hydrogens (primary N) is 1. The van der Waals surface area contributed by atoms with E-state index in [0.29, 0.717) is 6.54 Å². The Morgan fingerprint density at radius 2 is 1.79 bits per heavy atom. The SMILES string of the molecule is NC(=NCc1ccccc1Cn1cccn1)Nc1ccccc1OC(F)(F)F. The van der Waals surface area contributed by atoms with Gasteiger partial charge in [-0.05, 0) is 29.3 Å². The molecule has 3 N–H and O–H groups in total. The van der Waals surface area contributed by atoms with Crippen LogP contribution in [0.3, 0.4) is 0 Å². The quantitative estimate of drug-likeness (QED) is 0.497. The van der Waals surface area contributed by atoms with Gasteiger partial charge in [-0.15, -0.1) is 13.2 Å². The van der Waals surface area contributed by atoms with E-state index in [2.05, 4.69) is 20.1 Å². The molecule has 3 aromatic rings. The monoisotopic (exact) mass is 389 g/mol. The molecule has 6 nitrogen and oxygen atoms in total. The summed E-state index contributed by atoms with van der Waals surface area (Å²) >= 11 is 0. The molecule has 0 radical (unpaired) electrons. The van der Waals surface area contributed by atoms with E-state index in [9.17, 15) is 13.2 Å². The van der Waals surface area contributed by atoms with Gasteiger partial charge in [0.1, 0.15) is 0 Å². The summed E-state index contributed by atoms with van der Waals surface area (Å²) in [5, 5.41) is 6.83. The van der Waals surface area contributed by atoms with Gasteiger partial charge >= 0.3 is 6.36 Å². The van der Waals surface area contributed by atoms with E-state index in [1.54, 1.807) is 16.9 Å². The number of benzene rings is 2. The minimum absolute atomic E-state index is 0.0212. The lowest BCUT2D eigenvalue weighted by Crippen LogP contribution is -2.24. The lowest BCUT2D eigenvalue weighted by atomic mass is 10.1. The van der Waals surface area contributed by atoms with Gasteiger partial charge in [0.2, 0.25) is 0 Å².